The van der Waals surface area contributed by atoms with Gasteiger partial charge < -0.3 is 15.1 Å². The highest BCUT2D eigenvalue weighted by molar-refractivity contribution is 7.90. The first-order chi connectivity index (χ1) is 17.5. The molecule has 8 nitrogen and oxygen atoms in total. The summed E-state index contributed by atoms with van der Waals surface area (Å²) in [5.74, 6) is 2.49. The van der Waals surface area contributed by atoms with Gasteiger partial charge >= 0.3 is 0 Å². The molecule has 5 rings (SSSR count). The molecule has 2 aromatic heterocycles. The Morgan fingerprint density at radius 3 is 2.62 bits per heavy atom. The van der Waals surface area contributed by atoms with Crippen molar-refractivity contribution in [2.75, 3.05) is 53.3 Å². The van der Waals surface area contributed by atoms with E-state index in [4.69, 9.17) is 0 Å². The van der Waals surface area contributed by atoms with Gasteiger partial charge in [-0.2, -0.15) is 4.98 Å². The zero-order valence-corrected chi connectivity index (χ0v) is 22.7. The molecule has 10 heteroatoms. The molecule has 37 heavy (non-hydrogen) atoms. The quantitative estimate of drug-likeness (QED) is 0.474. The van der Waals surface area contributed by atoms with Gasteiger partial charge in [-0.25, -0.2) is 22.8 Å². The minimum atomic E-state index is -2.98. The van der Waals surface area contributed by atoms with Crippen LogP contribution in [0, 0.1) is 5.92 Å². The number of rotatable bonds is 7. The predicted molar refractivity (Wildman–Crippen MR) is 148 cm³/mol. The van der Waals surface area contributed by atoms with Crippen molar-refractivity contribution in [2.24, 2.45) is 5.92 Å². The summed E-state index contributed by atoms with van der Waals surface area (Å²) in [5.41, 5.74) is 1.06. The molecule has 2 aliphatic rings. The molecule has 0 radical (unpaired) electrons. The van der Waals surface area contributed by atoms with E-state index in [2.05, 4.69) is 51.1 Å². The van der Waals surface area contributed by atoms with Crippen LogP contribution in [0.2, 0.25) is 0 Å². The van der Waals surface area contributed by atoms with Crippen LogP contribution in [0.15, 0.2) is 36.7 Å². The zero-order chi connectivity index (χ0) is 26.4. The lowest BCUT2D eigenvalue weighted by molar-refractivity contribution is 0.159. The molecule has 0 unspecified atom stereocenters. The van der Waals surface area contributed by atoms with Crippen molar-refractivity contribution in [3.8, 4) is 0 Å². The number of anilines is 4. The van der Waals surface area contributed by atoms with E-state index in [-0.39, 0.29) is 18.2 Å². The van der Waals surface area contributed by atoms with Crippen LogP contribution in [-0.2, 0) is 9.84 Å². The fraction of sp³-hybridized carbons (Fsp3) is 0.519. The Labute approximate surface area is 218 Å². The Hall–Kier alpha value is -3.01. The van der Waals surface area contributed by atoms with E-state index >= 15 is 0 Å². The van der Waals surface area contributed by atoms with E-state index in [0.29, 0.717) is 29.9 Å². The number of nitrogens with one attached hydrogen (secondary N) is 1. The highest BCUT2D eigenvalue weighted by Gasteiger charge is 2.32. The lowest BCUT2D eigenvalue weighted by Crippen LogP contribution is -2.49. The molecule has 1 N–H and O–H groups in total. The maximum absolute atomic E-state index is 14.6. The van der Waals surface area contributed by atoms with Crippen LogP contribution in [-0.4, -0.2) is 67.2 Å². The monoisotopic (exact) mass is 526 g/mol. The first-order valence-electron chi connectivity index (χ1n) is 12.9. The van der Waals surface area contributed by atoms with Crippen molar-refractivity contribution in [3.05, 3.63) is 42.2 Å². The Bertz CT molecular complexity index is 1410. The third kappa shape index (κ3) is 5.79. The number of piperidine rings is 1. The second-order valence-corrected chi connectivity index (χ2v) is 13.3. The molecule has 0 saturated carbocycles. The maximum Gasteiger partial charge on any atom is 0.227 e. The maximum atomic E-state index is 14.6. The number of pyridine rings is 1. The highest BCUT2D eigenvalue weighted by Crippen LogP contribution is 2.37. The predicted octanol–water partition coefficient (Wildman–Crippen LogP) is 4.70. The molecule has 3 aromatic rings. The fourth-order valence-electron chi connectivity index (χ4n) is 5.46. The SMILES string of the molecule is CC(C)c1ccc(N2CC(CS(C)(=O)=O)C2)c2cnc(Nc3ccnc(N4CCC[C@](C)(F)C4)n3)cc12. The van der Waals surface area contributed by atoms with E-state index in [0.717, 1.165) is 42.5 Å². The van der Waals surface area contributed by atoms with E-state index < -0.39 is 15.5 Å². The number of benzene rings is 1. The van der Waals surface area contributed by atoms with Crippen LogP contribution in [0.3, 0.4) is 0 Å². The van der Waals surface area contributed by atoms with Crippen LogP contribution >= 0.6 is 0 Å². The number of aromatic nitrogens is 3. The summed E-state index contributed by atoms with van der Waals surface area (Å²) in [6.45, 7) is 8.44. The summed E-state index contributed by atoms with van der Waals surface area (Å²) in [4.78, 5) is 17.8. The summed E-state index contributed by atoms with van der Waals surface area (Å²) in [5, 5.41) is 5.47. The van der Waals surface area contributed by atoms with Crippen LogP contribution < -0.4 is 15.1 Å². The number of nitrogens with zero attached hydrogens (tertiary/aromatic N) is 5. The molecular formula is C27H35FN6O2S. The third-order valence-corrected chi connectivity index (χ3v) is 8.28. The fourth-order valence-corrected chi connectivity index (χ4v) is 6.53. The van der Waals surface area contributed by atoms with Gasteiger partial charge in [-0.1, -0.05) is 19.9 Å². The third-order valence-electron chi connectivity index (χ3n) is 7.20. The second kappa shape index (κ2) is 9.70. The Morgan fingerprint density at radius 1 is 1.14 bits per heavy atom. The van der Waals surface area contributed by atoms with Crippen LogP contribution in [0.1, 0.15) is 45.1 Å². The number of hydrogen-bond acceptors (Lipinski definition) is 8. The minimum absolute atomic E-state index is 0.158. The highest BCUT2D eigenvalue weighted by atomic mass is 32.2. The van der Waals surface area contributed by atoms with Crippen molar-refractivity contribution in [3.63, 3.8) is 0 Å². The summed E-state index contributed by atoms with van der Waals surface area (Å²) < 4.78 is 37.9. The number of hydrogen-bond donors (Lipinski definition) is 1. The van der Waals surface area contributed by atoms with E-state index in [1.54, 1.807) is 19.2 Å². The van der Waals surface area contributed by atoms with E-state index in [1.165, 1.54) is 11.8 Å². The lowest BCUT2D eigenvalue weighted by atomic mass is 9.93. The summed E-state index contributed by atoms with van der Waals surface area (Å²) in [6.07, 6.45) is 6.19. The molecule has 0 aliphatic carbocycles. The van der Waals surface area contributed by atoms with E-state index in [9.17, 15) is 12.8 Å². The molecule has 1 atom stereocenters. The summed E-state index contributed by atoms with van der Waals surface area (Å²) >= 11 is 0. The van der Waals surface area contributed by atoms with Crippen molar-refractivity contribution in [2.45, 2.75) is 45.2 Å². The van der Waals surface area contributed by atoms with Gasteiger partial charge in [0, 0.05) is 55.3 Å². The average Bonchev–Trinajstić information content (AvgIpc) is 2.79. The molecule has 2 saturated heterocycles. The van der Waals surface area contributed by atoms with Gasteiger partial charge in [0.15, 0.2) is 0 Å². The van der Waals surface area contributed by atoms with E-state index in [1.807, 2.05) is 17.2 Å². The normalized spacial score (nSPS) is 20.9. The number of sulfone groups is 1. The molecule has 0 bridgehead atoms. The van der Waals surface area contributed by atoms with Gasteiger partial charge in [-0.3, -0.25) is 0 Å². The standard InChI is InChI=1S/C27H35FN6O2S/c1-18(2)20-6-7-23(34-14-19(15-34)16-37(4,35)36)22-13-30-25(12-21(20)22)31-24-8-10-29-26(32-24)33-11-5-9-27(3,28)17-33/h6-8,10,12-13,18-19H,5,9,11,14-17H2,1-4H3,(H,29,30,31,32)/t27-/m0/s1. The summed E-state index contributed by atoms with van der Waals surface area (Å²) in [7, 11) is -2.98. The van der Waals surface area contributed by atoms with Crippen molar-refractivity contribution < 1.29 is 12.8 Å². The van der Waals surface area contributed by atoms with Crippen LogP contribution in [0.4, 0.5) is 27.7 Å². The Kier molecular flexibility index (Phi) is 6.72. The first-order valence-corrected chi connectivity index (χ1v) is 14.9. The molecule has 1 aromatic carbocycles. The Balaban J connectivity index is 1.40. The molecule has 198 valence electrons. The number of fused-ring (bicyclic) bond motifs is 1. The van der Waals surface area contributed by atoms with Crippen LogP contribution in [0.5, 0.6) is 0 Å². The van der Waals surface area contributed by atoms with Crippen LogP contribution in [0.25, 0.3) is 10.8 Å². The number of halogens is 1. The molecule has 4 heterocycles. The molecule has 2 aliphatic heterocycles. The Morgan fingerprint density at radius 2 is 1.92 bits per heavy atom. The molecule has 0 spiro atoms. The smallest absolute Gasteiger partial charge is 0.227 e. The van der Waals surface area contributed by atoms with Gasteiger partial charge in [0.25, 0.3) is 0 Å². The summed E-state index contributed by atoms with van der Waals surface area (Å²) in [6, 6.07) is 8.11. The topological polar surface area (TPSA) is 91.3 Å². The number of alkyl halides is 1. The lowest BCUT2D eigenvalue weighted by Gasteiger charge is -2.41. The van der Waals surface area contributed by atoms with Gasteiger partial charge in [-0.15, -0.1) is 0 Å². The van der Waals surface area contributed by atoms with Gasteiger partial charge in [0.1, 0.15) is 27.1 Å². The van der Waals surface area contributed by atoms with Gasteiger partial charge in [-0.05, 0) is 54.8 Å². The van der Waals surface area contributed by atoms with Gasteiger partial charge in [0.2, 0.25) is 5.95 Å². The first kappa shape index (κ1) is 25.6. The van der Waals surface area contributed by atoms with Crippen molar-refractivity contribution >= 4 is 43.9 Å². The zero-order valence-electron chi connectivity index (χ0n) is 21.9. The average molecular weight is 527 g/mol. The molecule has 0 amide bonds. The minimum Gasteiger partial charge on any atom is -0.370 e. The van der Waals surface area contributed by atoms with Crippen molar-refractivity contribution in [1.82, 2.24) is 15.0 Å². The second-order valence-electron chi connectivity index (χ2n) is 11.1. The largest absolute Gasteiger partial charge is 0.370 e. The molecular weight excluding hydrogens is 491 g/mol. The van der Waals surface area contributed by atoms with Gasteiger partial charge in [0.05, 0.1) is 12.3 Å². The molecule has 2 fully saturated rings. The van der Waals surface area contributed by atoms with Crippen molar-refractivity contribution in [1.29, 1.82) is 0 Å².